The standard InChI is InChI=1S/C10H10N4O/c1-2-7(6-11-5-1)9-13-10(15-14-9)12-8-3-4-8/h1-2,5-6,8H,3-4H2,(H,12,13,14). The summed E-state index contributed by atoms with van der Waals surface area (Å²) in [7, 11) is 0. The number of hydrogen-bond donors (Lipinski definition) is 1. The van der Waals surface area contributed by atoms with Crippen LogP contribution in [0.25, 0.3) is 11.4 Å². The minimum absolute atomic E-state index is 0.497. The van der Waals surface area contributed by atoms with Gasteiger partial charge in [-0.05, 0) is 25.0 Å². The smallest absolute Gasteiger partial charge is 0.322 e. The molecule has 3 rings (SSSR count). The molecule has 76 valence electrons. The van der Waals surface area contributed by atoms with Crippen LogP contribution in [-0.2, 0) is 0 Å². The van der Waals surface area contributed by atoms with E-state index in [-0.39, 0.29) is 0 Å². The van der Waals surface area contributed by atoms with E-state index in [0.717, 1.165) is 5.56 Å². The Hall–Kier alpha value is -1.91. The topological polar surface area (TPSA) is 63.8 Å². The summed E-state index contributed by atoms with van der Waals surface area (Å²) in [6, 6.07) is 4.77. The van der Waals surface area contributed by atoms with Gasteiger partial charge >= 0.3 is 6.01 Å². The van der Waals surface area contributed by atoms with Gasteiger partial charge in [-0.2, -0.15) is 4.98 Å². The maximum atomic E-state index is 5.07. The van der Waals surface area contributed by atoms with Crippen molar-refractivity contribution in [3.8, 4) is 11.4 Å². The molecule has 0 amide bonds. The third kappa shape index (κ3) is 1.81. The molecule has 0 unspecified atom stereocenters. The van der Waals surface area contributed by atoms with Crippen LogP contribution in [0.1, 0.15) is 12.8 Å². The fourth-order valence-corrected chi connectivity index (χ4v) is 1.30. The molecule has 0 aromatic carbocycles. The molecule has 0 spiro atoms. The highest BCUT2D eigenvalue weighted by atomic mass is 16.5. The van der Waals surface area contributed by atoms with Crippen molar-refractivity contribution in [3.63, 3.8) is 0 Å². The van der Waals surface area contributed by atoms with Gasteiger partial charge < -0.3 is 9.84 Å². The van der Waals surface area contributed by atoms with E-state index in [1.165, 1.54) is 12.8 Å². The minimum atomic E-state index is 0.497. The molecule has 2 aromatic rings. The first-order valence-electron chi connectivity index (χ1n) is 4.92. The molecule has 2 heterocycles. The third-order valence-electron chi connectivity index (χ3n) is 2.25. The highest BCUT2D eigenvalue weighted by Crippen LogP contribution is 2.24. The normalized spacial score (nSPS) is 15.2. The molecule has 1 fully saturated rings. The van der Waals surface area contributed by atoms with Crippen molar-refractivity contribution in [2.75, 3.05) is 5.32 Å². The Balaban J connectivity index is 1.83. The fraction of sp³-hybridized carbons (Fsp3) is 0.300. The maximum Gasteiger partial charge on any atom is 0.322 e. The SMILES string of the molecule is c1cncc(-c2noc(NC3CC3)n2)c1. The van der Waals surface area contributed by atoms with Crippen LogP contribution in [0.3, 0.4) is 0 Å². The van der Waals surface area contributed by atoms with Gasteiger partial charge in [-0.15, -0.1) is 0 Å². The van der Waals surface area contributed by atoms with Crippen LogP contribution >= 0.6 is 0 Å². The van der Waals surface area contributed by atoms with Crippen LogP contribution in [0.4, 0.5) is 6.01 Å². The molecular weight excluding hydrogens is 192 g/mol. The van der Waals surface area contributed by atoms with E-state index in [9.17, 15) is 0 Å². The number of nitrogens with one attached hydrogen (secondary N) is 1. The molecule has 5 nitrogen and oxygen atoms in total. The predicted octanol–water partition coefficient (Wildman–Crippen LogP) is 1.71. The average molecular weight is 202 g/mol. The van der Waals surface area contributed by atoms with Crippen molar-refractivity contribution in [1.82, 2.24) is 15.1 Å². The molecule has 0 aliphatic heterocycles. The first-order valence-corrected chi connectivity index (χ1v) is 4.92. The average Bonchev–Trinajstić information content (AvgIpc) is 2.96. The van der Waals surface area contributed by atoms with E-state index < -0.39 is 0 Å². The molecule has 1 saturated carbocycles. The Morgan fingerprint density at radius 2 is 2.33 bits per heavy atom. The molecule has 0 radical (unpaired) electrons. The second kappa shape index (κ2) is 3.34. The summed E-state index contributed by atoms with van der Waals surface area (Å²) in [6.45, 7) is 0. The summed E-state index contributed by atoms with van der Waals surface area (Å²) in [5.74, 6) is 0.575. The molecule has 0 saturated heterocycles. The summed E-state index contributed by atoms with van der Waals surface area (Å²) in [5.41, 5.74) is 0.866. The van der Waals surface area contributed by atoms with Gasteiger partial charge in [0.2, 0.25) is 5.82 Å². The van der Waals surface area contributed by atoms with Crippen molar-refractivity contribution in [2.24, 2.45) is 0 Å². The number of aromatic nitrogens is 3. The van der Waals surface area contributed by atoms with Gasteiger partial charge in [0.25, 0.3) is 0 Å². The molecule has 1 aliphatic carbocycles. The molecular formula is C10H10N4O. The van der Waals surface area contributed by atoms with Gasteiger partial charge in [0, 0.05) is 24.0 Å². The summed E-state index contributed by atoms with van der Waals surface area (Å²) in [6.07, 6.45) is 5.80. The van der Waals surface area contributed by atoms with E-state index in [4.69, 9.17) is 4.52 Å². The van der Waals surface area contributed by atoms with Crippen LogP contribution < -0.4 is 5.32 Å². The van der Waals surface area contributed by atoms with Crippen molar-refractivity contribution in [2.45, 2.75) is 18.9 Å². The van der Waals surface area contributed by atoms with E-state index in [1.54, 1.807) is 12.4 Å². The van der Waals surface area contributed by atoms with Gasteiger partial charge in [-0.3, -0.25) is 4.98 Å². The molecule has 1 N–H and O–H groups in total. The van der Waals surface area contributed by atoms with E-state index in [2.05, 4.69) is 20.4 Å². The zero-order chi connectivity index (χ0) is 10.1. The van der Waals surface area contributed by atoms with E-state index >= 15 is 0 Å². The van der Waals surface area contributed by atoms with Crippen molar-refractivity contribution >= 4 is 6.01 Å². The lowest BCUT2D eigenvalue weighted by molar-refractivity contribution is 0.432. The minimum Gasteiger partial charge on any atom is -0.335 e. The Morgan fingerprint density at radius 3 is 3.07 bits per heavy atom. The van der Waals surface area contributed by atoms with Crippen molar-refractivity contribution < 1.29 is 4.52 Å². The fourth-order valence-electron chi connectivity index (χ4n) is 1.30. The summed E-state index contributed by atoms with van der Waals surface area (Å²) in [4.78, 5) is 8.23. The number of nitrogens with zero attached hydrogens (tertiary/aromatic N) is 3. The molecule has 2 aromatic heterocycles. The quantitative estimate of drug-likeness (QED) is 0.820. The number of anilines is 1. The Bertz CT molecular complexity index is 449. The van der Waals surface area contributed by atoms with Crippen LogP contribution in [0.5, 0.6) is 0 Å². The van der Waals surface area contributed by atoms with Gasteiger partial charge in [0.1, 0.15) is 0 Å². The zero-order valence-corrected chi connectivity index (χ0v) is 8.05. The van der Waals surface area contributed by atoms with Gasteiger partial charge in [0.15, 0.2) is 0 Å². The molecule has 1 aliphatic rings. The summed E-state index contributed by atoms with van der Waals surface area (Å²) < 4.78 is 5.07. The van der Waals surface area contributed by atoms with E-state index in [1.807, 2.05) is 12.1 Å². The van der Waals surface area contributed by atoms with E-state index in [0.29, 0.717) is 17.9 Å². The van der Waals surface area contributed by atoms with Crippen molar-refractivity contribution in [3.05, 3.63) is 24.5 Å². The highest BCUT2D eigenvalue weighted by Gasteiger charge is 2.23. The van der Waals surface area contributed by atoms with Gasteiger partial charge in [-0.25, -0.2) is 0 Å². The zero-order valence-electron chi connectivity index (χ0n) is 8.05. The lowest BCUT2D eigenvalue weighted by atomic mass is 10.3. The van der Waals surface area contributed by atoms with Crippen LogP contribution in [0, 0.1) is 0 Å². The molecule has 5 heteroatoms. The lowest BCUT2D eigenvalue weighted by Crippen LogP contribution is -2.00. The summed E-state index contributed by atoms with van der Waals surface area (Å²) >= 11 is 0. The van der Waals surface area contributed by atoms with Crippen LogP contribution in [0.2, 0.25) is 0 Å². The van der Waals surface area contributed by atoms with Gasteiger partial charge in [-0.1, -0.05) is 5.16 Å². The number of pyridine rings is 1. The van der Waals surface area contributed by atoms with Crippen LogP contribution in [-0.4, -0.2) is 21.2 Å². The Morgan fingerprint density at radius 1 is 1.40 bits per heavy atom. The second-order valence-electron chi connectivity index (χ2n) is 3.58. The van der Waals surface area contributed by atoms with Crippen molar-refractivity contribution in [1.29, 1.82) is 0 Å². The molecule has 0 bridgehead atoms. The number of rotatable bonds is 3. The largest absolute Gasteiger partial charge is 0.335 e. The Kier molecular flexibility index (Phi) is 1.87. The predicted molar refractivity (Wildman–Crippen MR) is 54.2 cm³/mol. The maximum absolute atomic E-state index is 5.07. The highest BCUT2D eigenvalue weighted by molar-refractivity contribution is 5.53. The molecule has 0 atom stereocenters. The molecule has 15 heavy (non-hydrogen) atoms. The third-order valence-corrected chi connectivity index (χ3v) is 2.25. The van der Waals surface area contributed by atoms with Gasteiger partial charge in [0.05, 0.1) is 0 Å². The number of hydrogen-bond acceptors (Lipinski definition) is 5. The van der Waals surface area contributed by atoms with Crippen LogP contribution in [0.15, 0.2) is 29.0 Å². The second-order valence-corrected chi connectivity index (χ2v) is 3.58. The Labute approximate surface area is 86.5 Å². The summed E-state index contributed by atoms with van der Waals surface area (Å²) in [5, 5.41) is 7.02. The lowest BCUT2D eigenvalue weighted by Gasteiger charge is -1.93. The first kappa shape index (κ1) is 8.40. The monoisotopic (exact) mass is 202 g/mol. The first-order chi connectivity index (χ1) is 7.42.